The third-order valence-corrected chi connectivity index (χ3v) is 4.67. The van der Waals surface area contributed by atoms with E-state index in [4.69, 9.17) is 11.6 Å². The molecule has 2 saturated heterocycles. The van der Waals surface area contributed by atoms with Crippen LogP contribution in [0.2, 0.25) is 5.02 Å². The Balaban J connectivity index is 1.71. The molecule has 5 heteroatoms. The molecular formula is C16H22ClN3O. The van der Waals surface area contributed by atoms with Gasteiger partial charge in [0, 0.05) is 18.1 Å². The highest BCUT2D eigenvalue weighted by Crippen LogP contribution is 2.26. The van der Waals surface area contributed by atoms with Crippen molar-refractivity contribution in [1.29, 1.82) is 0 Å². The number of amides is 1. The minimum absolute atomic E-state index is 0.0348. The van der Waals surface area contributed by atoms with Crippen LogP contribution < -0.4 is 5.32 Å². The number of rotatable bonds is 4. The summed E-state index contributed by atoms with van der Waals surface area (Å²) in [6.45, 7) is 6.00. The monoisotopic (exact) mass is 307 g/mol. The predicted molar refractivity (Wildman–Crippen MR) is 84.2 cm³/mol. The van der Waals surface area contributed by atoms with Crippen molar-refractivity contribution < 1.29 is 4.79 Å². The van der Waals surface area contributed by atoms with Gasteiger partial charge in [-0.1, -0.05) is 23.7 Å². The molecule has 1 aromatic carbocycles. The summed E-state index contributed by atoms with van der Waals surface area (Å²) in [6.07, 6.45) is 2.53. The molecule has 0 radical (unpaired) electrons. The smallest absolute Gasteiger partial charge is 0.241 e. The molecule has 1 N–H and O–H groups in total. The molecule has 0 saturated carbocycles. The van der Waals surface area contributed by atoms with Crippen molar-refractivity contribution in [3.05, 3.63) is 34.9 Å². The Bertz CT molecular complexity index is 499. The fourth-order valence-corrected chi connectivity index (χ4v) is 3.32. The topological polar surface area (TPSA) is 35.6 Å². The van der Waals surface area contributed by atoms with E-state index in [0.29, 0.717) is 0 Å². The summed E-state index contributed by atoms with van der Waals surface area (Å²) in [5, 5.41) is 4.10. The lowest BCUT2D eigenvalue weighted by molar-refractivity contribution is -0.130. The second-order valence-corrected chi connectivity index (χ2v) is 6.36. The average molecular weight is 308 g/mol. The van der Waals surface area contributed by atoms with E-state index in [2.05, 4.69) is 10.2 Å². The van der Waals surface area contributed by atoms with E-state index in [0.717, 1.165) is 36.8 Å². The third kappa shape index (κ3) is 3.23. The third-order valence-electron chi connectivity index (χ3n) is 4.41. The van der Waals surface area contributed by atoms with Gasteiger partial charge in [-0.25, -0.2) is 0 Å². The molecule has 3 rings (SSSR count). The van der Waals surface area contributed by atoms with Crippen molar-refractivity contribution >= 4 is 17.5 Å². The molecular weight excluding hydrogens is 286 g/mol. The summed E-state index contributed by atoms with van der Waals surface area (Å²) in [5.74, 6) is 0.189. The number of halogens is 1. The second kappa shape index (κ2) is 6.34. The maximum atomic E-state index is 12.4. The van der Waals surface area contributed by atoms with Crippen LogP contribution in [0.4, 0.5) is 0 Å². The summed E-state index contributed by atoms with van der Waals surface area (Å²) < 4.78 is 0. The van der Waals surface area contributed by atoms with Crippen molar-refractivity contribution in [1.82, 2.24) is 15.1 Å². The maximum absolute atomic E-state index is 12.4. The number of nitrogens with one attached hydrogen (secondary N) is 1. The van der Waals surface area contributed by atoms with E-state index in [1.54, 1.807) is 0 Å². The van der Waals surface area contributed by atoms with Crippen molar-refractivity contribution in [2.24, 2.45) is 0 Å². The Morgan fingerprint density at radius 1 is 1.19 bits per heavy atom. The molecule has 2 unspecified atom stereocenters. The zero-order chi connectivity index (χ0) is 14.8. The number of carbonyl (C=O) groups excluding carboxylic acids is 1. The van der Waals surface area contributed by atoms with Gasteiger partial charge in [0.1, 0.15) is 6.17 Å². The molecule has 2 atom stereocenters. The molecule has 1 amide bonds. The Kier molecular flexibility index (Phi) is 4.48. The molecule has 0 bridgehead atoms. The molecule has 0 aliphatic carbocycles. The molecule has 0 spiro atoms. The summed E-state index contributed by atoms with van der Waals surface area (Å²) >= 11 is 5.95. The minimum Gasteiger partial charge on any atom is -0.320 e. The zero-order valence-corrected chi connectivity index (χ0v) is 13.1. The summed E-state index contributed by atoms with van der Waals surface area (Å²) in [4.78, 5) is 16.8. The van der Waals surface area contributed by atoms with Crippen molar-refractivity contribution in [2.45, 2.75) is 32.0 Å². The normalized spacial score (nSPS) is 26.8. The highest BCUT2D eigenvalue weighted by Gasteiger charge is 2.36. The van der Waals surface area contributed by atoms with Crippen molar-refractivity contribution in [3.8, 4) is 0 Å². The van der Waals surface area contributed by atoms with E-state index in [-0.39, 0.29) is 18.1 Å². The van der Waals surface area contributed by atoms with Crippen LogP contribution in [0.25, 0.3) is 0 Å². The lowest BCUT2D eigenvalue weighted by atomic mass is 10.1. The van der Waals surface area contributed by atoms with Gasteiger partial charge < -0.3 is 9.80 Å². The molecule has 1 aromatic rings. The van der Waals surface area contributed by atoms with Gasteiger partial charge in [0.15, 0.2) is 0 Å². The lowest BCUT2D eigenvalue weighted by Crippen LogP contribution is -2.37. The van der Waals surface area contributed by atoms with Gasteiger partial charge in [0.25, 0.3) is 0 Å². The number of carbonyl (C=O) groups is 1. The van der Waals surface area contributed by atoms with Crippen molar-refractivity contribution in [3.63, 3.8) is 0 Å². The number of likely N-dealkylation sites (tertiary alicyclic amines) is 1. The average Bonchev–Trinajstić information content (AvgIpc) is 3.08. The summed E-state index contributed by atoms with van der Waals surface area (Å²) in [5.41, 5.74) is 1.10. The first kappa shape index (κ1) is 14.8. The van der Waals surface area contributed by atoms with Gasteiger partial charge in [-0.3, -0.25) is 10.1 Å². The number of benzene rings is 1. The molecule has 0 aromatic heterocycles. The standard InChI is InChI=1S/C16H22ClN3O/c1-12-16(21)20(11-10-19-8-2-3-9-19)15(18-12)13-4-6-14(17)7-5-13/h4-7,12,15,18H,2-3,8-11H2,1H3. The Labute approximate surface area is 131 Å². The van der Waals surface area contributed by atoms with Gasteiger partial charge in [-0.05, 0) is 50.6 Å². The van der Waals surface area contributed by atoms with Crippen LogP contribution in [0.3, 0.4) is 0 Å². The number of hydrogen-bond acceptors (Lipinski definition) is 3. The fourth-order valence-electron chi connectivity index (χ4n) is 3.19. The Morgan fingerprint density at radius 2 is 1.86 bits per heavy atom. The van der Waals surface area contributed by atoms with Crippen LogP contribution in [-0.4, -0.2) is 47.9 Å². The van der Waals surface area contributed by atoms with Gasteiger partial charge in [-0.2, -0.15) is 0 Å². The molecule has 114 valence electrons. The van der Waals surface area contributed by atoms with Crippen LogP contribution in [0.15, 0.2) is 24.3 Å². The quantitative estimate of drug-likeness (QED) is 0.927. The SMILES string of the molecule is CC1NC(c2ccc(Cl)cc2)N(CCN2CCCC2)C1=O. The molecule has 2 heterocycles. The number of hydrogen-bond donors (Lipinski definition) is 1. The van der Waals surface area contributed by atoms with Crippen molar-refractivity contribution in [2.75, 3.05) is 26.2 Å². The largest absolute Gasteiger partial charge is 0.320 e. The van der Waals surface area contributed by atoms with Gasteiger partial charge >= 0.3 is 0 Å². The first-order valence-corrected chi connectivity index (χ1v) is 8.07. The molecule has 21 heavy (non-hydrogen) atoms. The first-order valence-electron chi connectivity index (χ1n) is 7.69. The van der Waals surface area contributed by atoms with Crippen LogP contribution in [0, 0.1) is 0 Å². The fraction of sp³-hybridized carbons (Fsp3) is 0.562. The van der Waals surface area contributed by atoms with E-state index in [1.807, 2.05) is 36.1 Å². The second-order valence-electron chi connectivity index (χ2n) is 5.92. The van der Waals surface area contributed by atoms with Crippen LogP contribution in [0.1, 0.15) is 31.5 Å². The molecule has 2 fully saturated rings. The van der Waals surface area contributed by atoms with E-state index in [9.17, 15) is 4.79 Å². The highest BCUT2D eigenvalue weighted by atomic mass is 35.5. The minimum atomic E-state index is -0.121. The highest BCUT2D eigenvalue weighted by molar-refractivity contribution is 6.30. The Hall–Kier alpha value is -1.10. The zero-order valence-electron chi connectivity index (χ0n) is 12.4. The summed E-state index contributed by atoms with van der Waals surface area (Å²) in [6, 6.07) is 7.63. The molecule has 4 nitrogen and oxygen atoms in total. The van der Waals surface area contributed by atoms with Crippen LogP contribution >= 0.6 is 11.6 Å². The first-order chi connectivity index (χ1) is 10.1. The van der Waals surface area contributed by atoms with Crippen LogP contribution in [-0.2, 0) is 4.79 Å². The molecule has 2 aliphatic rings. The lowest BCUT2D eigenvalue weighted by Gasteiger charge is -2.27. The van der Waals surface area contributed by atoms with E-state index in [1.165, 1.54) is 12.8 Å². The maximum Gasteiger partial charge on any atom is 0.241 e. The predicted octanol–water partition coefficient (Wildman–Crippen LogP) is 2.25. The van der Waals surface area contributed by atoms with Gasteiger partial charge in [0.05, 0.1) is 6.04 Å². The molecule has 2 aliphatic heterocycles. The van der Waals surface area contributed by atoms with Gasteiger partial charge in [0.2, 0.25) is 5.91 Å². The van der Waals surface area contributed by atoms with E-state index < -0.39 is 0 Å². The Morgan fingerprint density at radius 3 is 2.52 bits per heavy atom. The van der Waals surface area contributed by atoms with Gasteiger partial charge in [-0.15, -0.1) is 0 Å². The summed E-state index contributed by atoms with van der Waals surface area (Å²) in [7, 11) is 0. The van der Waals surface area contributed by atoms with E-state index >= 15 is 0 Å². The van der Waals surface area contributed by atoms with Crippen LogP contribution in [0.5, 0.6) is 0 Å². The number of nitrogens with zero attached hydrogens (tertiary/aromatic N) is 2.